The minimum absolute atomic E-state index is 0.0174. The van der Waals surface area contributed by atoms with Gasteiger partial charge in [-0.25, -0.2) is 0 Å². The maximum absolute atomic E-state index is 11.3. The first-order valence-corrected chi connectivity index (χ1v) is 18.8. The predicted molar refractivity (Wildman–Crippen MR) is 213 cm³/mol. The Labute approximate surface area is 316 Å². The van der Waals surface area contributed by atoms with Crippen molar-refractivity contribution in [2.45, 2.75) is 160 Å². The molecule has 0 aliphatic rings. The van der Waals surface area contributed by atoms with Gasteiger partial charge < -0.3 is 33.1 Å². The second-order valence-electron chi connectivity index (χ2n) is 14.9. The van der Waals surface area contributed by atoms with Crippen molar-refractivity contribution in [2.75, 3.05) is 6.61 Å². The Morgan fingerprint density at radius 1 is 0.596 bits per heavy atom. The number of carbonyl (C=O) groups excluding carboxylic acids is 6. The largest absolute Gasteiger partial charge is 0.396 e. The van der Waals surface area contributed by atoms with Gasteiger partial charge in [-0.15, -0.1) is 6.58 Å². The molecule has 308 valence electrons. The third-order valence-corrected chi connectivity index (χ3v) is 7.94. The van der Waals surface area contributed by atoms with Crippen LogP contribution in [0.15, 0.2) is 12.7 Å². The molecule has 10 N–H and O–H groups in total. The molecule has 0 saturated carbocycles. The second-order valence-corrected chi connectivity index (χ2v) is 14.9. The summed E-state index contributed by atoms with van der Waals surface area (Å²) in [5.41, 5.74) is 21.6. The molecule has 52 heavy (non-hydrogen) atoms. The van der Waals surface area contributed by atoms with Gasteiger partial charge in [-0.1, -0.05) is 96.1 Å². The van der Waals surface area contributed by atoms with Crippen molar-refractivity contribution in [1.82, 2.24) is 0 Å². The number of allylic oxidation sites excluding steroid dienone is 1. The number of unbranched alkanes of at least 4 members (excludes halogenated alkanes) is 1. The number of hydrogen-bond acceptors (Lipinski definition) is 11. The summed E-state index contributed by atoms with van der Waals surface area (Å²) in [6.07, 6.45) is 5.30. The van der Waals surface area contributed by atoms with Crippen LogP contribution in [0.2, 0.25) is 0 Å². The van der Waals surface area contributed by atoms with Crippen LogP contribution in [-0.2, 0) is 28.8 Å². The summed E-state index contributed by atoms with van der Waals surface area (Å²) in [6.45, 7) is 29.1. The molecule has 12 nitrogen and oxygen atoms in total. The van der Waals surface area contributed by atoms with Gasteiger partial charge in [-0.2, -0.15) is 0 Å². The zero-order valence-corrected chi connectivity index (χ0v) is 35.2. The molecule has 0 fully saturated rings. The minimum Gasteiger partial charge on any atom is -0.396 e. The van der Waals surface area contributed by atoms with E-state index in [0.29, 0.717) is 6.42 Å². The fraction of sp³-hybridized carbons (Fsp3) is 0.800. The third-order valence-electron chi connectivity index (χ3n) is 7.94. The Morgan fingerprint density at radius 2 is 0.942 bits per heavy atom. The van der Waals surface area contributed by atoms with E-state index in [1.165, 1.54) is 0 Å². The Morgan fingerprint density at radius 3 is 1.15 bits per heavy atom. The van der Waals surface area contributed by atoms with Crippen molar-refractivity contribution in [3.63, 3.8) is 0 Å². The van der Waals surface area contributed by atoms with Gasteiger partial charge in [0.1, 0.15) is 11.6 Å². The second kappa shape index (κ2) is 34.1. The van der Waals surface area contributed by atoms with Crippen LogP contribution in [-0.4, -0.2) is 75.9 Å². The lowest BCUT2D eigenvalue weighted by molar-refractivity contribution is -0.128. The van der Waals surface area contributed by atoms with Crippen molar-refractivity contribution in [3.05, 3.63) is 12.7 Å². The van der Waals surface area contributed by atoms with Gasteiger partial charge in [0.15, 0.2) is 17.3 Å². The van der Waals surface area contributed by atoms with Gasteiger partial charge in [0.2, 0.25) is 5.91 Å². The van der Waals surface area contributed by atoms with Crippen LogP contribution in [0.5, 0.6) is 0 Å². The first-order valence-electron chi connectivity index (χ1n) is 18.8. The lowest BCUT2D eigenvalue weighted by atomic mass is 9.93. The van der Waals surface area contributed by atoms with E-state index in [1.54, 1.807) is 34.6 Å². The Bertz CT molecular complexity index is 984. The van der Waals surface area contributed by atoms with E-state index in [2.05, 4.69) is 6.58 Å². The third kappa shape index (κ3) is 33.2. The molecule has 0 aromatic carbocycles. The van der Waals surface area contributed by atoms with Crippen molar-refractivity contribution >= 4 is 34.8 Å². The van der Waals surface area contributed by atoms with Gasteiger partial charge in [-0.3, -0.25) is 28.8 Å². The molecule has 0 spiro atoms. The van der Waals surface area contributed by atoms with E-state index >= 15 is 0 Å². The highest BCUT2D eigenvalue weighted by Gasteiger charge is 2.20. The summed E-state index contributed by atoms with van der Waals surface area (Å²) < 4.78 is 0. The maximum atomic E-state index is 11.3. The first-order chi connectivity index (χ1) is 23.7. The topological polar surface area (TPSA) is 247 Å². The molecule has 0 aromatic rings. The van der Waals surface area contributed by atoms with Gasteiger partial charge in [0.25, 0.3) is 0 Å². The molecular weight excluding hydrogens is 664 g/mol. The first kappa shape index (κ1) is 58.7. The van der Waals surface area contributed by atoms with Gasteiger partial charge in [-0.05, 0) is 39.0 Å². The van der Waals surface area contributed by atoms with Gasteiger partial charge in [0, 0.05) is 47.8 Å². The van der Waals surface area contributed by atoms with Gasteiger partial charge >= 0.3 is 0 Å². The zero-order valence-electron chi connectivity index (χ0n) is 35.2. The van der Waals surface area contributed by atoms with Crippen LogP contribution in [0.3, 0.4) is 0 Å². The summed E-state index contributed by atoms with van der Waals surface area (Å²) >= 11 is 0. The standard InChI is InChI=1S/C10H19NO.C8H16N2O2.C8H16O2.C7H15NO.C7H14O2/c1-4-5-6-7-9(11)10(12)8(2)3;1-5(2)8(12)6(9)3-4-7(10)11;1-5(2)8(10)6(3)7(4)9;1-4-6(8)7(9)5(2)3;1-5(2)7(9)6(3)4-8/h4,8-9H,1,5-7,11H2,2-3H3;5-6H,3-4,9H2,1-2H3,(H2,10,11);5-7,9H,1-4H3;5-6H,4,8H2,1-3H3;5-6,8H,4H2,1-3H3. The molecule has 0 rings (SSSR count). The van der Waals surface area contributed by atoms with E-state index in [0.717, 1.165) is 25.7 Å². The summed E-state index contributed by atoms with van der Waals surface area (Å²) in [5, 5.41) is 17.6. The van der Waals surface area contributed by atoms with E-state index in [1.807, 2.05) is 68.4 Å². The average Bonchev–Trinajstić information content (AvgIpc) is 3.08. The molecule has 1 amide bonds. The zero-order chi connectivity index (χ0) is 42.5. The van der Waals surface area contributed by atoms with E-state index in [-0.39, 0.29) is 95.5 Å². The summed E-state index contributed by atoms with van der Waals surface area (Å²) in [5.74, 6) is -0.0966. The van der Waals surface area contributed by atoms with Crippen LogP contribution in [0.4, 0.5) is 0 Å². The Balaban J connectivity index is -0.000000178. The lowest BCUT2D eigenvalue weighted by Crippen LogP contribution is -2.34. The van der Waals surface area contributed by atoms with Crippen molar-refractivity contribution in [3.8, 4) is 0 Å². The molecule has 0 aliphatic heterocycles. The summed E-state index contributed by atoms with van der Waals surface area (Å²) in [4.78, 5) is 65.8. The molecule has 0 bridgehead atoms. The maximum Gasteiger partial charge on any atom is 0.217 e. The van der Waals surface area contributed by atoms with Gasteiger partial charge in [0.05, 0.1) is 30.8 Å². The number of primary amides is 1. The predicted octanol–water partition coefficient (Wildman–Crippen LogP) is 4.72. The van der Waals surface area contributed by atoms with Crippen LogP contribution in [0, 0.1) is 41.4 Å². The van der Waals surface area contributed by atoms with E-state index in [4.69, 9.17) is 33.1 Å². The van der Waals surface area contributed by atoms with Crippen LogP contribution in [0.25, 0.3) is 0 Å². The van der Waals surface area contributed by atoms with Crippen LogP contribution >= 0.6 is 0 Å². The summed E-state index contributed by atoms with van der Waals surface area (Å²) in [6, 6.07) is -1.06. The molecule has 0 radical (unpaired) electrons. The number of carbonyl (C=O) groups is 6. The monoisotopic (exact) mass is 745 g/mol. The summed E-state index contributed by atoms with van der Waals surface area (Å²) in [7, 11) is 0. The van der Waals surface area contributed by atoms with Crippen LogP contribution < -0.4 is 22.9 Å². The number of hydrogen-bond donors (Lipinski definition) is 6. The normalized spacial score (nSPS) is 14.1. The number of aliphatic hydroxyl groups is 2. The fourth-order valence-corrected chi connectivity index (χ4v) is 3.97. The molecule has 0 aromatic heterocycles. The van der Waals surface area contributed by atoms with E-state index in [9.17, 15) is 28.8 Å². The fourth-order valence-electron chi connectivity index (χ4n) is 3.97. The number of rotatable bonds is 20. The molecule has 12 heteroatoms. The number of aliphatic hydroxyl groups excluding tert-OH is 2. The highest BCUT2D eigenvalue weighted by molar-refractivity contribution is 5.87. The smallest absolute Gasteiger partial charge is 0.217 e. The highest BCUT2D eigenvalue weighted by Crippen LogP contribution is 2.10. The lowest BCUT2D eigenvalue weighted by Gasteiger charge is -2.14. The van der Waals surface area contributed by atoms with E-state index < -0.39 is 18.1 Å². The average molecular weight is 745 g/mol. The molecule has 0 heterocycles. The number of amides is 1. The SMILES string of the molecule is C=CCCCC(N)C(=O)C(C)C.CC(C)C(=O)C(C)C(C)O.CC(C)C(=O)C(C)CO.CC(C)C(=O)C(N)CCC(N)=O.CCC(N)C(=O)C(C)C. The number of ketones is 5. The quantitative estimate of drug-likeness (QED) is 0.0735. The Hall–Kier alpha value is -2.64. The molecule has 0 saturated heterocycles. The number of nitrogens with two attached hydrogens (primary N) is 4. The highest BCUT2D eigenvalue weighted by atomic mass is 16.3. The number of Topliss-reactive ketones (excluding diaryl/α,β-unsaturated/α-hetero) is 5. The molecular formula is C40H80N4O8. The molecule has 0 aliphatic carbocycles. The Kier molecular flexibility index (Phi) is 38.5. The minimum atomic E-state index is -0.544. The molecule has 6 unspecified atom stereocenters. The van der Waals surface area contributed by atoms with Crippen LogP contribution in [0.1, 0.15) is 135 Å². The van der Waals surface area contributed by atoms with Crippen molar-refractivity contribution in [2.24, 2.45) is 64.4 Å². The van der Waals surface area contributed by atoms with Crippen molar-refractivity contribution < 1.29 is 39.0 Å². The molecule has 6 atom stereocenters. The van der Waals surface area contributed by atoms with Crippen molar-refractivity contribution in [1.29, 1.82) is 0 Å².